The quantitative estimate of drug-likeness (QED) is 0.537. The van der Waals surface area contributed by atoms with E-state index >= 15 is 0 Å². The van der Waals surface area contributed by atoms with Gasteiger partial charge in [0.25, 0.3) is 0 Å². The van der Waals surface area contributed by atoms with E-state index in [1.54, 1.807) is 25.3 Å². The first-order valence-corrected chi connectivity index (χ1v) is 7.40. The molecular weight excluding hydrogens is 324 g/mol. The second-order valence-electron chi connectivity index (χ2n) is 5.00. The van der Waals surface area contributed by atoms with Gasteiger partial charge < -0.3 is 24.1 Å². The lowest BCUT2D eigenvalue weighted by molar-refractivity contribution is -0.307. The summed E-state index contributed by atoms with van der Waals surface area (Å²) in [5.74, 6) is -0.335. The molecule has 2 aromatic rings. The van der Waals surface area contributed by atoms with E-state index in [-0.39, 0.29) is 17.3 Å². The number of benzene rings is 2. The van der Waals surface area contributed by atoms with Gasteiger partial charge in [0.05, 0.1) is 20.2 Å². The number of carbonyl (C=O) groups excluding carboxylic acids is 2. The summed E-state index contributed by atoms with van der Waals surface area (Å²) in [5.41, 5.74) is 1.25. The van der Waals surface area contributed by atoms with E-state index in [1.165, 1.54) is 31.4 Å². The molecule has 0 bridgehead atoms. The molecule has 0 saturated heterocycles. The van der Waals surface area contributed by atoms with E-state index in [1.807, 2.05) is 12.1 Å². The molecule has 0 saturated carbocycles. The second kappa shape index (κ2) is 8.54. The number of allylic oxidation sites excluding steroid dienone is 1. The van der Waals surface area contributed by atoms with Crippen LogP contribution in [-0.2, 0) is 4.79 Å². The molecule has 0 spiro atoms. The van der Waals surface area contributed by atoms with Crippen LogP contribution in [0.5, 0.6) is 17.2 Å². The van der Waals surface area contributed by atoms with E-state index < -0.39 is 12.6 Å². The van der Waals surface area contributed by atoms with Crippen molar-refractivity contribution in [1.29, 1.82) is 0 Å². The third kappa shape index (κ3) is 5.10. The van der Waals surface area contributed by atoms with Gasteiger partial charge in [0, 0.05) is 5.56 Å². The highest BCUT2D eigenvalue weighted by Crippen LogP contribution is 2.28. The predicted octanol–water partition coefficient (Wildman–Crippen LogP) is 1.73. The van der Waals surface area contributed by atoms with E-state index in [0.29, 0.717) is 5.56 Å². The van der Waals surface area contributed by atoms with Crippen molar-refractivity contribution in [3.63, 3.8) is 0 Å². The van der Waals surface area contributed by atoms with Crippen molar-refractivity contribution >= 4 is 17.8 Å². The molecule has 0 aliphatic carbocycles. The van der Waals surface area contributed by atoms with Crippen molar-refractivity contribution in [1.82, 2.24) is 0 Å². The van der Waals surface area contributed by atoms with Crippen molar-refractivity contribution < 1.29 is 28.9 Å². The summed E-state index contributed by atoms with van der Waals surface area (Å²) >= 11 is 0. The van der Waals surface area contributed by atoms with Gasteiger partial charge in [0.1, 0.15) is 12.4 Å². The number of carboxylic acids is 1. The molecule has 0 unspecified atom stereocenters. The Kier molecular flexibility index (Phi) is 6.17. The molecule has 0 aliphatic rings. The molecule has 25 heavy (non-hydrogen) atoms. The van der Waals surface area contributed by atoms with Gasteiger partial charge in [-0.25, -0.2) is 0 Å². The first kappa shape index (κ1) is 18.1. The molecule has 0 atom stereocenters. The summed E-state index contributed by atoms with van der Waals surface area (Å²) in [6.45, 7) is -0.596. The molecule has 130 valence electrons. The first-order valence-electron chi connectivity index (χ1n) is 7.40. The summed E-state index contributed by atoms with van der Waals surface area (Å²) < 4.78 is 15.3. The van der Waals surface area contributed by atoms with Crippen molar-refractivity contribution in [3.8, 4) is 17.2 Å². The Hall–Kier alpha value is -3.28. The Morgan fingerprint density at radius 1 is 1.00 bits per heavy atom. The van der Waals surface area contributed by atoms with Gasteiger partial charge in [-0.1, -0.05) is 18.2 Å². The van der Waals surface area contributed by atoms with Crippen molar-refractivity contribution in [3.05, 3.63) is 59.7 Å². The van der Waals surface area contributed by atoms with Crippen LogP contribution >= 0.6 is 0 Å². The fourth-order valence-electron chi connectivity index (χ4n) is 2.06. The van der Waals surface area contributed by atoms with Gasteiger partial charge in [-0.05, 0) is 42.0 Å². The molecular formula is C19H17O6-. The minimum atomic E-state index is -1.34. The highest BCUT2D eigenvalue weighted by Gasteiger charge is 2.09. The first-order chi connectivity index (χ1) is 12.0. The van der Waals surface area contributed by atoms with E-state index in [9.17, 15) is 14.7 Å². The maximum atomic E-state index is 12.3. The summed E-state index contributed by atoms with van der Waals surface area (Å²) in [5, 5.41) is 10.5. The van der Waals surface area contributed by atoms with Gasteiger partial charge in [-0.3, -0.25) is 4.79 Å². The number of carboxylic acid groups (broad SMARTS) is 1. The lowest BCUT2D eigenvalue weighted by Crippen LogP contribution is -2.29. The summed E-state index contributed by atoms with van der Waals surface area (Å²) in [6.07, 6.45) is 3.13. The fourth-order valence-corrected chi connectivity index (χ4v) is 2.06. The van der Waals surface area contributed by atoms with Crippen molar-refractivity contribution in [2.45, 2.75) is 0 Å². The average molecular weight is 341 g/mol. The van der Waals surface area contributed by atoms with Crippen LogP contribution in [0.3, 0.4) is 0 Å². The lowest BCUT2D eigenvalue weighted by Gasteiger charge is -2.11. The fraction of sp³-hybridized carbons (Fsp3) is 0.158. The van der Waals surface area contributed by atoms with Crippen LogP contribution in [0.25, 0.3) is 6.08 Å². The molecule has 0 N–H and O–H groups in total. The van der Waals surface area contributed by atoms with Crippen LogP contribution in [0, 0.1) is 0 Å². The highest BCUT2D eigenvalue weighted by molar-refractivity contribution is 6.07. The van der Waals surface area contributed by atoms with Gasteiger partial charge in [-0.2, -0.15) is 0 Å². The molecule has 2 rings (SSSR count). The Labute approximate surface area is 145 Å². The standard InChI is InChI=1S/C19H18O6/c1-23-15-7-3-13(4-8-15)5-9-16(20)14-6-10-17(18(11-14)24-2)25-12-19(21)22/h3-11H,12H2,1-2H3,(H,21,22)/p-1/b9-5+. The molecule has 0 heterocycles. The Morgan fingerprint density at radius 3 is 2.32 bits per heavy atom. The summed E-state index contributed by atoms with van der Waals surface area (Å²) in [4.78, 5) is 22.7. The van der Waals surface area contributed by atoms with Gasteiger partial charge in [-0.15, -0.1) is 0 Å². The van der Waals surface area contributed by atoms with E-state index in [2.05, 4.69) is 0 Å². The van der Waals surface area contributed by atoms with Gasteiger partial charge in [0.15, 0.2) is 17.3 Å². The Balaban J connectivity index is 2.12. The zero-order chi connectivity index (χ0) is 18.2. The van der Waals surface area contributed by atoms with Crippen molar-refractivity contribution in [2.75, 3.05) is 20.8 Å². The lowest BCUT2D eigenvalue weighted by atomic mass is 10.1. The van der Waals surface area contributed by atoms with E-state index in [4.69, 9.17) is 14.2 Å². The van der Waals surface area contributed by atoms with Crippen LogP contribution in [0.4, 0.5) is 0 Å². The molecule has 0 fully saturated rings. The third-order valence-electron chi connectivity index (χ3n) is 3.34. The maximum Gasteiger partial charge on any atom is 0.185 e. The van der Waals surface area contributed by atoms with Crippen LogP contribution in [0.15, 0.2) is 48.5 Å². The molecule has 6 heteroatoms. The van der Waals surface area contributed by atoms with Gasteiger partial charge in [0.2, 0.25) is 0 Å². The third-order valence-corrected chi connectivity index (χ3v) is 3.34. The van der Waals surface area contributed by atoms with Gasteiger partial charge >= 0.3 is 0 Å². The largest absolute Gasteiger partial charge is 0.546 e. The Morgan fingerprint density at radius 2 is 1.72 bits per heavy atom. The number of ketones is 1. The zero-order valence-corrected chi connectivity index (χ0v) is 13.9. The van der Waals surface area contributed by atoms with Crippen LogP contribution in [-0.4, -0.2) is 32.6 Å². The van der Waals surface area contributed by atoms with E-state index in [0.717, 1.165) is 11.3 Å². The SMILES string of the molecule is COc1ccc(/C=C/C(=O)c2ccc(OCC(=O)[O-])c(OC)c2)cc1. The predicted molar refractivity (Wildman–Crippen MR) is 89.9 cm³/mol. The molecule has 6 nitrogen and oxygen atoms in total. The number of hydrogen-bond acceptors (Lipinski definition) is 6. The number of rotatable bonds is 8. The van der Waals surface area contributed by atoms with Crippen LogP contribution < -0.4 is 19.3 Å². The number of aliphatic carboxylic acids is 1. The average Bonchev–Trinajstić information content (AvgIpc) is 2.64. The molecule has 0 amide bonds. The number of methoxy groups -OCH3 is 2. The molecule has 0 aliphatic heterocycles. The minimum absolute atomic E-state index is 0.222. The number of carbonyl (C=O) groups is 2. The molecule has 2 aromatic carbocycles. The van der Waals surface area contributed by atoms with Crippen LogP contribution in [0.1, 0.15) is 15.9 Å². The smallest absolute Gasteiger partial charge is 0.185 e. The number of ether oxygens (including phenoxy) is 3. The molecule has 0 radical (unpaired) electrons. The van der Waals surface area contributed by atoms with Crippen LogP contribution in [0.2, 0.25) is 0 Å². The zero-order valence-electron chi connectivity index (χ0n) is 13.9. The minimum Gasteiger partial charge on any atom is -0.546 e. The maximum absolute atomic E-state index is 12.3. The summed E-state index contributed by atoms with van der Waals surface area (Å²) in [6, 6.07) is 11.8. The highest BCUT2D eigenvalue weighted by atomic mass is 16.5. The monoisotopic (exact) mass is 341 g/mol. The Bertz CT molecular complexity index is 777. The van der Waals surface area contributed by atoms with Crippen molar-refractivity contribution in [2.24, 2.45) is 0 Å². The second-order valence-corrected chi connectivity index (χ2v) is 5.00. The number of hydrogen-bond donors (Lipinski definition) is 0. The summed E-state index contributed by atoms with van der Waals surface area (Å²) in [7, 11) is 2.99. The normalized spacial score (nSPS) is 10.5. The molecule has 0 aromatic heterocycles. The topological polar surface area (TPSA) is 84.9 Å².